The van der Waals surface area contributed by atoms with Gasteiger partial charge in [0, 0.05) is 49.4 Å². The number of halogens is 1. The maximum atomic E-state index is 14.2. The maximum Gasteiger partial charge on any atom is 0.286 e. The molecule has 1 N–H and O–H groups in total. The molecule has 2 bridgehead atoms. The molecule has 0 radical (unpaired) electrons. The van der Waals surface area contributed by atoms with Crippen molar-refractivity contribution in [3.05, 3.63) is 70.3 Å². The molecule has 12 heteroatoms. The second-order valence-electron chi connectivity index (χ2n) is 14.3. The second kappa shape index (κ2) is 16.2. The van der Waals surface area contributed by atoms with Gasteiger partial charge in [-0.3, -0.25) is 14.3 Å². The molecular formula is C38H50ClN3O7S. The first-order valence-corrected chi connectivity index (χ1v) is 19.9. The normalized spacial score (nSPS) is 30.0. The number of nitrogens with zero attached hydrogens (tertiary/aromatic N) is 2. The number of ether oxygens (including phenoxy) is 4. The van der Waals surface area contributed by atoms with Gasteiger partial charge < -0.3 is 23.8 Å². The Morgan fingerprint density at radius 3 is 2.78 bits per heavy atom. The smallest absolute Gasteiger partial charge is 0.286 e. The van der Waals surface area contributed by atoms with Crippen LogP contribution in [0.1, 0.15) is 73.9 Å². The molecule has 1 spiro atoms. The number of benzene rings is 2. The van der Waals surface area contributed by atoms with Crippen molar-refractivity contribution >= 4 is 39.0 Å². The number of aryl methyl sites for hydroxylation is 1. The number of amides is 2. The van der Waals surface area contributed by atoms with Crippen molar-refractivity contribution in [1.29, 1.82) is 0 Å². The molecule has 272 valence electrons. The van der Waals surface area contributed by atoms with Gasteiger partial charge in [-0.15, -0.1) is 4.36 Å². The fourth-order valence-electron chi connectivity index (χ4n) is 7.73. The third-order valence-corrected chi connectivity index (χ3v) is 12.8. The Kier molecular flexibility index (Phi) is 11.9. The number of nitrogens with one attached hydrogen (secondary N) is 1. The summed E-state index contributed by atoms with van der Waals surface area (Å²) in [5.74, 6) is -0.126. The lowest BCUT2D eigenvalue weighted by Gasteiger charge is -2.42. The van der Waals surface area contributed by atoms with Crippen molar-refractivity contribution in [1.82, 2.24) is 4.72 Å². The summed E-state index contributed by atoms with van der Waals surface area (Å²) in [7, 11) is -1.73. The maximum absolute atomic E-state index is 14.2. The molecule has 50 heavy (non-hydrogen) atoms. The zero-order valence-electron chi connectivity index (χ0n) is 29.4. The monoisotopic (exact) mass is 727 g/mol. The van der Waals surface area contributed by atoms with Gasteiger partial charge in [-0.2, -0.15) is 0 Å². The summed E-state index contributed by atoms with van der Waals surface area (Å²) in [4.78, 5) is 29.2. The van der Waals surface area contributed by atoms with Gasteiger partial charge in [-0.05, 0) is 98.2 Å². The summed E-state index contributed by atoms with van der Waals surface area (Å²) in [5.41, 5.74) is 3.31. The zero-order chi connectivity index (χ0) is 35.3. The van der Waals surface area contributed by atoms with Crippen LogP contribution < -0.4 is 14.4 Å². The van der Waals surface area contributed by atoms with Crippen LogP contribution in [0.2, 0.25) is 5.02 Å². The Balaban J connectivity index is 1.35. The van der Waals surface area contributed by atoms with E-state index in [0.29, 0.717) is 64.3 Å². The minimum absolute atomic E-state index is 0.0157. The zero-order valence-corrected chi connectivity index (χ0v) is 30.9. The highest BCUT2D eigenvalue weighted by atomic mass is 35.5. The predicted molar refractivity (Wildman–Crippen MR) is 195 cm³/mol. The molecule has 3 heterocycles. The second-order valence-corrected chi connectivity index (χ2v) is 16.8. The fraction of sp³-hybridized carbons (Fsp3) is 0.579. The lowest BCUT2D eigenvalue weighted by molar-refractivity contribution is -0.128. The molecule has 2 aromatic rings. The lowest BCUT2D eigenvalue weighted by Crippen LogP contribution is -2.47. The summed E-state index contributed by atoms with van der Waals surface area (Å²) < 4.78 is 44.7. The number of allylic oxidation sites excluding steroid dienone is 1. The predicted octanol–water partition coefficient (Wildman–Crippen LogP) is 6.29. The van der Waals surface area contributed by atoms with Crippen LogP contribution >= 0.6 is 11.6 Å². The third-order valence-electron chi connectivity index (χ3n) is 10.7. The summed E-state index contributed by atoms with van der Waals surface area (Å²) in [6, 6.07) is 11.5. The molecule has 0 saturated carbocycles. The Labute approximate surface area is 301 Å². The quantitative estimate of drug-likeness (QED) is 0.358. The summed E-state index contributed by atoms with van der Waals surface area (Å²) in [6.45, 7) is 7.22. The highest BCUT2D eigenvalue weighted by Crippen LogP contribution is 2.45. The third kappa shape index (κ3) is 8.56. The lowest BCUT2D eigenvalue weighted by atomic mass is 9.70. The molecule has 2 aromatic carbocycles. The van der Waals surface area contributed by atoms with E-state index in [1.165, 1.54) is 11.1 Å². The Bertz CT molecular complexity index is 1700. The highest BCUT2D eigenvalue weighted by Gasteiger charge is 2.42. The van der Waals surface area contributed by atoms with Gasteiger partial charge in [0.25, 0.3) is 11.8 Å². The van der Waals surface area contributed by atoms with Crippen molar-refractivity contribution in [3.8, 4) is 5.75 Å². The molecule has 2 amide bonds. The van der Waals surface area contributed by atoms with E-state index in [1.807, 2.05) is 18.2 Å². The number of fused-ring (bicyclic) bond motifs is 3. The minimum atomic E-state index is -3.46. The van der Waals surface area contributed by atoms with Crippen molar-refractivity contribution in [2.75, 3.05) is 57.3 Å². The van der Waals surface area contributed by atoms with E-state index in [-0.39, 0.29) is 47.4 Å². The number of hydrogen-bond donors (Lipinski definition) is 1. The van der Waals surface area contributed by atoms with Crippen LogP contribution in [0.4, 0.5) is 5.69 Å². The standard InChI is InChI=1S/C38H50ClN3O7S/c1-26-22-42-24-38(16-7-8-28-20-30(39)11-12-32(28)38)25-49-35-13-10-29(21-33(35)42)37(44)41-50(45,19-6-4-5-9-34(46-3)27(26)2)40-36(43)23-48-31-14-17-47-18-15-31/h5,9-13,20-21,26-27,31,34H,4,6-8,14-19,22-25H2,1-3H3,(H,40,41,43,44,45)/b9-5+/t26-,27+,34-,38-,50?/m0/s1. The SMILES string of the molecule is CO[C@H]1/C=C/CCCS(=O)(NC(=O)COC2CCOCC2)=NC(=O)c2ccc3c(c2)N(C[C@H](C)[C@H]1C)C[C@@]1(CCCc2cc(Cl)ccc21)CO3. The van der Waals surface area contributed by atoms with E-state index < -0.39 is 21.7 Å². The molecule has 3 aliphatic heterocycles. The van der Waals surface area contributed by atoms with Crippen LogP contribution in [0.25, 0.3) is 0 Å². The van der Waals surface area contributed by atoms with Crippen molar-refractivity contribution in [2.45, 2.75) is 76.4 Å². The number of carbonyl (C=O) groups is 2. The first-order valence-electron chi connectivity index (χ1n) is 17.9. The largest absolute Gasteiger partial charge is 0.490 e. The number of carbonyl (C=O) groups excluding carboxylic acids is 2. The number of anilines is 1. The first kappa shape index (κ1) is 36.8. The molecular weight excluding hydrogens is 678 g/mol. The average Bonchev–Trinajstić information content (AvgIpc) is 3.25. The molecule has 1 saturated heterocycles. The van der Waals surface area contributed by atoms with E-state index in [4.69, 9.17) is 30.5 Å². The van der Waals surface area contributed by atoms with Gasteiger partial charge in [0.2, 0.25) is 0 Å². The Morgan fingerprint density at radius 2 is 1.98 bits per heavy atom. The molecule has 0 aromatic heterocycles. The van der Waals surface area contributed by atoms with Gasteiger partial charge in [0.15, 0.2) is 0 Å². The molecule has 1 aliphatic carbocycles. The van der Waals surface area contributed by atoms with Crippen LogP contribution in [0, 0.1) is 11.8 Å². The molecule has 5 atom stereocenters. The van der Waals surface area contributed by atoms with Crippen LogP contribution in [0.15, 0.2) is 52.9 Å². The van der Waals surface area contributed by atoms with Crippen LogP contribution in [0.3, 0.4) is 0 Å². The van der Waals surface area contributed by atoms with E-state index in [9.17, 15) is 13.8 Å². The van der Waals surface area contributed by atoms with E-state index in [0.717, 1.165) is 30.0 Å². The van der Waals surface area contributed by atoms with Gasteiger partial charge in [0.1, 0.15) is 22.3 Å². The summed E-state index contributed by atoms with van der Waals surface area (Å²) in [5, 5.41) is 0.733. The number of hydrogen-bond acceptors (Lipinski definition) is 8. The van der Waals surface area contributed by atoms with Crippen LogP contribution in [-0.2, 0) is 40.8 Å². The van der Waals surface area contributed by atoms with Crippen LogP contribution in [0.5, 0.6) is 5.75 Å². The number of rotatable bonds is 5. The van der Waals surface area contributed by atoms with Crippen molar-refractivity contribution < 1.29 is 32.7 Å². The van der Waals surface area contributed by atoms with E-state index in [2.05, 4.69) is 46.0 Å². The molecule has 6 rings (SSSR count). The van der Waals surface area contributed by atoms with Crippen LogP contribution in [-0.4, -0.2) is 80.6 Å². The molecule has 10 nitrogen and oxygen atoms in total. The van der Waals surface area contributed by atoms with Crippen molar-refractivity contribution in [3.63, 3.8) is 0 Å². The van der Waals surface area contributed by atoms with Gasteiger partial charge in [-0.1, -0.05) is 43.7 Å². The number of methoxy groups -OCH3 is 1. The molecule has 1 fully saturated rings. The van der Waals surface area contributed by atoms with Gasteiger partial charge in [0.05, 0.1) is 30.3 Å². The van der Waals surface area contributed by atoms with Gasteiger partial charge >= 0.3 is 0 Å². The summed E-state index contributed by atoms with van der Waals surface area (Å²) >= 11 is 6.44. The molecule has 4 aliphatic rings. The van der Waals surface area contributed by atoms with Crippen molar-refractivity contribution in [2.24, 2.45) is 16.2 Å². The van der Waals surface area contributed by atoms with E-state index >= 15 is 0 Å². The molecule has 1 unspecified atom stereocenters. The Hall–Kier alpha value is -2.96. The van der Waals surface area contributed by atoms with Gasteiger partial charge in [-0.25, -0.2) is 4.21 Å². The Morgan fingerprint density at radius 1 is 1.16 bits per heavy atom. The van der Waals surface area contributed by atoms with E-state index in [1.54, 1.807) is 19.2 Å². The minimum Gasteiger partial charge on any atom is -0.490 e. The first-order chi connectivity index (χ1) is 24.1. The highest BCUT2D eigenvalue weighted by molar-refractivity contribution is 7.92. The average molecular weight is 728 g/mol. The topological polar surface area (TPSA) is 116 Å². The fourth-order valence-corrected chi connectivity index (χ4v) is 9.51. The summed E-state index contributed by atoms with van der Waals surface area (Å²) in [6.07, 6.45) is 9.24.